The molecule has 4 rings (SSSR count). The van der Waals surface area contributed by atoms with Gasteiger partial charge in [0.25, 0.3) is 0 Å². The first-order chi connectivity index (χ1) is 17.3. The maximum atomic E-state index is 14.1. The van der Waals surface area contributed by atoms with Crippen molar-refractivity contribution in [3.8, 4) is 0 Å². The summed E-state index contributed by atoms with van der Waals surface area (Å²) >= 11 is 0. The Morgan fingerprint density at radius 2 is 1.75 bits per heavy atom. The summed E-state index contributed by atoms with van der Waals surface area (Å²) in [5.41, 5.74) is 0.704. The number of carbonyl (C=O) groups is 2. The van der Waals surface area contributed by atoms with Gasteiger partial charge in [-0.1, -0.05) is 31.7 Å². The van der Waals surface area contributed by atoms with Crippen LogP contribution >= 0.6 is 0 Å². The fourth-order valence-electron chi connectivity index (χ4n) is 5.29. The van der Waals surface area contributed by atoms with E-state index in [-0.39, 0.29) is 11.7 Å². The third-order valence-electron chi connectivity index (χ3n) is 7.45. The Kier molecular flexibility index (Phi) is 8.08. The van der Waals surface area contributed by atoms with Crippen molar-refractivity contribution in [1.29, 1.82) is 0 Å². The predicted molar refractivity (Wildman–Crippen MR) is 135 cm³/mol. The number of hydrogen-bond acceptors (Lipinski definition) is 4. The number of aliphatic carboxylic acids is 1. The minimum absolute atomic E-state index is 0.156. The lowest BCUT2D eigenvalue weighted by molar-refractivity contribution is -0.147. The van der Waals surface area contributed by atoms with Gasteiger partial charge in [-0.3, -0.25) is 4.79 Å². The molecule has 2 aliphatic carbocycles. The molecule has 3 N–H and O–H groups in total. The number of urea groups is 1. The number of nitrogens with one attached hydrogen (secondary N) is 2. The van der Waals surface area contributed by atoms with Crippen LogP contribution in [0.25, 0.3) is 0 Å². The number of carboxylic acids is 1. The second-order valence-corrected chi connectivity index (χ2v) is 9.65. The number of amides is 2. The highest BCUT2D eigenvalue weighted by Gasteiger charge is 2.46. The zero-order chi connectivity index (χ0) is 25.7. The lowest BCUT2D eigenvalue weighted by Gasteiger charge is -2.40. The topological polar surface area (TPSA) is 90.9 Å². The van der Waals surface area contributed by atoms with Gasteiger partial charge in [-0.05, 0) is 55.5 Å². The molecule has 2 aromatic carbocycles. The normalized spacial score (nSPS) is 17.2. The van der Waals surface area contributed by atoms with Gasteiger partial charge in [-0.2, -0.15) is 0 Å². The van der Waals surface area contributed by atoms with Crippen LogP contribution in [0.5, 0.6) is 0 Å². The molecule has 2 aliphatic rings. The van der Waals surface area contributed by atoms with Crippen LogP contribution in [0.2, 0.25) is 0 Å². The molecule has 0 heterocycles. The second-order valence-electron chi connectivity index (χ2n) is 9.65. The first-order valence-electron chi connectivity index (χ1n) is 12.5. The third kappa shape index (κ3) is 5.46. The molecule has 2 amide bonds. The summed E-state index contributed by atoms with van der Waals surface area (Å²) in [6, 6.07) is 7.92. The van der Waals surface area contributed by atoms with Crippen LogP contribution in [-0.4, -0.2) is 43.4 Å². The smallest absolute Gasteiger partial charge is 0.323 e. The van der Waals surface area contributed by atoms with Crippen LogP contribution in [0.4, 0.5) is 30.6 Å². The van der Waals surface area contributed by atoms with Crippen molar-refractivity contribution in [3.63, 3.8) is 0 Å². The lowest BCUT2D eigenvalue weighted by Crippen LogP contribution is -2.43. The van der Waals surface area contributed by atoms with E-state index in [0.29, 0.717) is 43.3 Å². The molecule has 0 aliphatic heterocycles. The maximum absolute atomic E-state index is 14.1. The minimum atomic E-state index is -0.975. The molecule has 0 spiro atoms. The van der Waals surface area contributed by atoms with Gasteiger partial charge < -0.3 is 25.4 Å². The molecule has 0 bridgehead atoms. The Labute approximate surface area is 209 Å². The van der Waals surface area contributed by atoms with E-state index in [1.54, 1.807) is 13.2 Å². The predicted octanol–water partition coefficient (Wildman–Crippen LogP) is 5.90. The molecule has 2 aromatic rings. The van der Waals surface area contributed by atoms with Crippen molar-refractivity contribution < 1.29 is 28.2 Å². The van der Waals surface area contributed by atoms with Gasteiger partial charge in [0, 0.05) is 25.8 Å². The number of nitrogens with zero attached hydrogens (tertiary/aromatic N) is 1. The van der Waals surface area contributed by atoms with E-state index in [4.69, 9.17) is 4.74 Å². The molecular weight excluding hydrogens is 468 g/mol. The van der Waals surface area contributed by atoms with Crippen molar-refractivity contribution in [2.45, 2.75) is 62.8 Å². The molecule has 36 heavy (non-hydrogen) atoms. The van der Waals surface area contributed by atoms with E-state index in [9.17, 15) is 23.5 Å². The largest absolute Gasteiger partial charge is 0.481 e. The van der Waals surface area contributed by atoms with Crippen LogP contribution in [-0.2, 0) is 14.9 Å². The van der Waals surface area contributed by atoms with Crippen molar-refractivity contribution >= 4 is 29.1 Å². The number of methoxy groups -OCH3 is 1. The van der Waals surface area contributed by atoms with Crippen LogP contribution in [0.3, 0.4) is 0 Å². The van der Waals surface area contributed by atoms with Gasteiger partial charge >= 0.3 is 12.0 Å². The molecular formula is C27H33F2N3O4. The molecule has 0 unspecified atom stereocenters. The van der Waals surface area contributed by atoms with Gasteiger partial charge in [0.05, 0.1) is 29.1 Å². The standard InChI is InChI=1S/C27H33F2N3O4/c1-36-15-14-32(20-6-3-2-4-7-20)24-11-8-18(27(25(33)34)12-5-13-27)16-23(24)31-26(35)30-22-10-9-19(28)17-21(22)29/h8-11,16-17,20H,2-7,12-15H2,1H3,(H,33,34)(H2,30,31,35). The second kappa shape index (κ2) is 11.2. The molecule has 9 heteroatoms. The molecule has 2 saturated carbocycles. The summed E-state index contributed by atoms with van der Waals surface area (Å²) in [7, 11) is 1.64. The molecule has 0 radical (unpaired) electrons. The summed E-state index contributed by atoms with van der Waals surface area (Å²) in [5, 5.41) is 15.2. The van der Waals surface area contributed by atoms with Crippen molar-refractivity contribution in [3.05, 3.63) is 53.6 Å². The number of benzene rings is 2. The summed E-state index contributed by atoms with van der Waals surface area (Å²) in [6.45, 7) is 1.09. The number of halogens is 2. The Balaban J connectivity index is 1.69. The van der Waals surface area contributed by atoms with Crippen LogP contribution in [0.1, 0.15) is 56.9 Å². The molecule has 0 saturated heterocycles. The first kappa shape index (κ1) is 25.9. The Morgan fingerprint density at radius 1 is 1.03 bits per heavy atom. The highest BCUT2D eigenvalue weighted by molar-refractivity contribution is 6.02. The summed E-state index contributed by atoms with van der Waals surface area (Å²) in [6.07, 6.45) is 7.32. The van der Waals surface area contributed by atoms with Gasteiger partial charge in [0.2, 0.25) is 0 Å². The van der Waals surface area contributed by atoms with E-state index < -0.39 is 29.0 Å². The Morgan fingerprint density at radius 3 is 2.36 bits per heavy atom. The molecule has 2 fully saturated rings. The van der Waals surface area contributed by atoms with E-state index in [1.165, 1.54) is 6.42 Å². The fraction of sp³-hybridized carbons (Fsp3) is 0.481. The first-order valence-corrected chi connectivity index (χ1v) is 12.5. The number of carbonyl (C=O) groups excluding carboxylic acids is 1. The van der Waals surface area contributed by atoms with Crippen LogP contribution < -0.4 is 15.5 Å². The van der Waals surface area contributed by atoms with Crippen molar-refractivity contribution in [1.82, 2.24) is 0 Å². The van der Waals surface area contributed by atoms with Gasteiger partial charge in [0.1, 0.15) is 11.6 Å². The van der Waals surface area contributed by atoms with E-state index in [2.05, 4.69) is 15.5 Å². The van der Waals surface area contributed by atoms with Gasteiger partial charge in [0.15, 0.2) is 0 Å². The van der Waals surface area contributed by atoms with E-state index >= 15 is 0 Å². The van der Waals surface area contributed by atoms with Crippen molar-refractivity contribution in [2.75, 3.05) is 35.8 Å². The SMILES string of the molecule is COCCN(c1ccc(C2(C(=O)O)CCC2)cc1NC(=O)Nc1ccc(F)cc1F)C1CCCCC1. The number of anilines is 3. The fourth-order valence-corrected chi connectivity index (χ4v) is 5.29. The third-order valence-corrected chi connectivity index (χ3v) is 7.45. The molecule has 0 aromatic heterocycles. The highest BCUT2D eigenvalue weighted by atomic mass is 19.1. The highest BCUT2D eigenvalue weighted by Crippen LogP contribution is 2.46. The zero-order valence-corrected chi connectivity index (χ0v) is 20.5. The minimum Gasteiger partial charge on any atom is -0.481 e. The van der Waals surface area contributed by atoms with Crippen LogP contribution in [0, 0.1) is 11.6 Å². The van der Waals surface area contributed by atoms with Crippen LogP contribution in [0.15, 0.2) is 36.4 Å². The Bertz CT molecular complexity index is 1100. The number of ether oxygens (including phenoxy) is 1. The number of carboxylic acid groups (broad SMARTS) is 1. The van der Waals surface area contributed by atoms with Crippen molar-refractivity contribution in [2.24, 2.45) is 0 Å². The number of hydrogen-bond donors (Lipinski definition) is 3. The monoisotopic (exact) mass is 501 g/mol. The summed E-state index contributed by atoms with van der Waals surface area (Å²) in [4.78, 5) is 27.3. The summed E-state index contributed by atoms with van der Waals surface area (Å²) < 4.78 is 32.8. The molecule has 0 atom stereocenters. The summed E-state index contributed by atoms with van der Waals surface area (Å²) in [5.74, 6) is -2.51. The maximum Gasteiger partial charge on any atom is 0.323 e. The molecule has 194 valence electrons. The molecule has 7 nitrogen and oxygen atoms in total. The average Bonchev–Trinajstić information content (AvgIpc) is 2.82. The zero-order valence-electron chi connectivity index (χ0n) is 20.5. The number of rotatable bonds is 9. The van der Waals surface area contributed by atoms with E-state index in [0.717, 1.165) is 49.9 Å². The van der Waals surface area contributed by atoms with Gasteiger partial charge in [-0.25, -0.2) is 13.6 Å². The quantitative estimate of drug-likeness (QED) is 0.398. The lowest BCUT2D eigenvalue weighted by atomic mass is 9.64. The average molecular weight is 502 g/mol. The van der Waals surface area contributed by atoms with E-state index in [1.807, 2.05) is 12.1 Å². The van der Waals surface area contributed by atoms with Gasteiger partial charge in [-0.15, -0.1) is 0 Å². The Hall–Kier alpha value is -3.20.